The van der Waals surface area contributed by atoms with E-state index in [2.05, 4.69) is 16.0 Å². The molecule has 0 aliphatic rings. The summed E-state index contributed by atoms with van der Waals surface area (Å²) in [6.45, 7) is 0. The number of nitriles is 1. The maximum Gasteiger partial charge on any atom is 0.181 e. The smallest absolute Gasteiger partial charge is 0.181 e. The highest BCUT2D eigenvalue weighted by molar-refractivity contribution is 7.10. The van der Waals surface area contributed by atoms with Gasteiger partial charge in [-0.05, 0) is 12.1 Å². The quantitative estimate of drug-likeness (QED) is 0.641. The number of aromatic nitrogens is 2. The predicted molar refractivity (Wildman–Crippen MR) is 59.8 cm³/mol. The number of thiazole rings is 1. The van der Waals surface area contributed by atoms with Crippen molar-refractivity contribution >= 4 is 22.4 Å². The molecule has 0 unspecified atom stereocenters. The number of hydrogen-bond acceptors (Lipinski definition) is 5. The molecule has 2 heterocycles. The van der Waals surface area contributed by atoms with Crippen molar-refractivity contribution in [1.29, 1.82) is 5.26 Å². The Labute approximate surface area is 94.8 Å². The molecule has 3 aromatic rings. The van der Waals surface area contributed by atoms with Gasteiger partial charge in [0.15, 0.2) is 12.0 Å². The van der Waals surface area contributed by atoms with Crippen LogP contribution < -0.4 is 0 Å². The van der Waals surface area contributed by atoms with Gasteiger partial charge in [0, 0.05) is 5.56 Å². The normalized spacial score (nSPS) is 10.4. The Morgan fingerprint density at radius 3 is 3.12 bits per heavy atom. The SMILES string of the molecule is N#Cc1scnc1-c1ccc2ncoc2c1. The third-order valence-corrected chi connectivity index (χ3v) is 3.00. The highest BCUT2D eigenvalue weighted by Gasteiger charge is 2.09. The first-order valence-corrected chi connectivity index (χ1v) is 5.43. The molecule has 0 N–H and O–H groups in total. The van der Waals surface area contributed by atoms with Crippen LogP contribution in [-0.4, -0.2) is 9.97 Å². The van der Waals surface area contributed by atoms with Gasteiger partial charge < -0.3 is 4.42 Å². The van der Waals surface area contributed by atoms with Gasteiger partial charge >= 0.3 is 0 Å². The van der Waals surface area contributed by atoms with Gasteiger partial charge in [0.25, 0.3) is 0 Å². The zero-order valence-corrected chi connectivity index (χ0v) is 8.86. The second-order valence-electron chi connectivity index (χ2n) is 3.18. The summed E-state index contributed by atoms with van der Waals surface area (Å²) in [7, 11) is 0. The molecule has 0 amide bonds. The number of oxazole rings is 1. The summed E-state index contributed by atoms with van der Waals surface area (Å²) in [6, 6.07) is 7.72. The molecular formula is C11H5N3OS. The minimum absolute atomic E-state index is 0.610. The van der Waals surface area contributed by atoms with Crippen LogP contribution in [-0.2, 0) is 0 Å². The summed E-state index contributed by atoms with van der Waals surface area (Å²) >= 11 is 1.33. The Hall–Kier alpha value is -2.19. The molecule has 0 bridgehead atoms. The Morgan fingerprint density at radius 2 is 2.25 bits per heavy atom. The molecule has 4 nitrogen and oxygen atoms in total. The van der Waals surface area contributed by atoms with E-state index in [1.165, 1.54) is 17.7 Å². The molecular weight excluding hydrogens is 222 g/mol. The molecule has 76 valence electrons. The van der Waals surface area contributed by atoms with Crippen molar-refractivity contribution in [3.63, 3.8) is 0 Å². The van der Waals surface area contributed by atoms with E-state index in [1.54, 1.807) is 5.51 Å². The van der Waals surface area contributed by atoms with Gasteiger partial charge in [0.05, 0.1) is 11.2 Å². The van der Waals surface area contributed by atoms with Crippen LogP contribution in [0.25, 0.3) is 22.4 Å². The van der Waals surface area contributed by atoms with Crippen LogP contribution in [0, 0.1) is 11.3 Å². The Kier molecular flexibility index (Phi) is 1.95. The number of rotatable bonds is 1. The predicted octanol–water partition coefficient (Wildman–Crippen LogP) is 2.82. The van der Waals surface area contributed by atoms with Crippen LogP contribution in [0.3, 0.4) is 0 Å². The van der Waals surface area contributed by atoms with E-state index in [9.17, 15) is 0 Å². The van der Waals surface area contributed by atoms with E-state index < -0.39 is 0 Å². The van der Waals surface area contributed by atoms with E-state index in [0.29, 0.717) is 16.2 Å². The molecule has 0 aliphatic heterocycles. The van der Waals surface area contributed by atoms with Gasteiger partial charge in [0.1, 0.15) is 16.5 Å². The summed E-state index contributed by atoms with van der Waals surface area (Å²) in [5.41, 5.74) is 4.75. The van der Waals surface area contributed by atoms with Crippen LogP contribution in [0.5, 0.6) is 0 Å². The first kappa shape index (κ1) is 9.07. The van der Waals surface area contributed by atoms with E-state index in [0.717, 1.165) is 11.1 Å². The highest BCUT2D eigenvalue weighted by atomic mass is 32.1. The summed E-state index contributed by atoms with van der Waals surface area (Å²) in [5.74, 6) is 0. The first-order valence-electron chi connectivity index (χ1n) is 4.55. The average Bonchev–Trinajstić information content (AvgIpc) is 2.96. The largest absolute Gasteiger partial charge is 0.443 e. The molecule has 1 aromatic carbocycles. The zero-order valence-electron chi connectivity index (χ0n) is 8.04. The van der Waals surface area contributed by atoms with Crippen LogP contribution in [0.1, 0.15) is 4.88 Å². The summed E-state index contributed by atoms with van der Waals surface area (Å²) in [4.78, 5) is 8.83. The number of benzene rings is 1. The lowest BCUT2D eigenvalue weighted by atomic mass is 10.1. The van der Waals surface area contributed by atoms with E-state index in [4.69, 9.17) is 9.68 Å². The second-order valence-corrected chi connectivity index (χ2v) is 4.03. The number of fused-ring (bicyclic) bond motifs is 1. The average molecular weight is 227 g/mol. The van der Waals surface area contributed by atoms with E-state index in [-0.39, 0.29) is 0 Å². The van der Waals surface area contributed by atoms with Crippen molar-refractivity contribution in [1.82, 2.24) is 9.97 Å². The van der Waals surface area contributed by atoms with Crippen LogP contribution in [0.4, 0.5) is 0 Å². The standard InChI is InChI=1S/C11H5N3OS/c12-4-10-11(14-6-16-10)7-1-2-8-9(3-7)15-5-13-8/h1-3,5-6H. The minimum atomic E-state index is 0.610. The van der Waals surface area contributed by atoms with Crippen LogP contribution >= 0.6 is 11.3 Å². The van der Waals surface area contributed by atoms with Gasteiger partial charge in [-0.15, -0.1) is 11.3 Å². The fourth-order valence-corrected chi connectivity index (χ4v) is 2.13. The summed E-state index contributed by atoms with van der Waals surface area (Å²) in [6.07, 6.45) is 1.40. The lowest BCUT2D eigenvalue weighted by Gasteiger charge is -1.96. The molecule has 0 atom stereocenters. The molecule has 3 rings (SSSR count). The molecule has 5 heteroatoms. The maximum atomic E-state index is 8.93. The monoisotopic (exact) mass is 227 g/mol. The van der Waals surface area contributed by atoms with Gasteiger partial charge in [-0.1, -0.05) is 6.07 Å². The minimum Gasteiger partial charge on any atom is -0.443 e. The molecule has 0 aliphatic carbocycles. The molecule has 0 saturated carbocycles. The van der Waals surface area contributed by atoms with Crippen molar-refractivity contribution < 1.29 is 4.42 Å². The Morgan fingerprint density at radius 1 is 1.31 bits per heavy atom. The summed E-state index contributed by atoms with van der Waals surface area (Å²) in [5, 5.41) is 8.93. The van der Waals surface area contributed by atoms with Crippen LogP contribution in [0.15, 0.2) is 34.5 Å². The summed E-state index contributed by atoms with van der Waals surface area (Å²) < 4.78 is 5.21. The van der Waals surface area contributed by atoms with Gasteiger partial charge in [-0.3, -0.25) is 0 Å². The molecule has 16 heavy (non-hydrogen) atoms. The zero-order chi connectivity index (χ0) is 11.0. The van der Waals surface area contributed by atoms with Gasteiger partial charge in [-0.2, -0.15) is 5.26 Å². The Balaban J connectivity index is 2.22. The van der Waals surface area contributed by atoms with E-state index in [1.807, 2.05) is 18.2 Å². The van der Waals surface area contributed by atoms with Crippen molar-refractivity contribution in [2.45, 2.75) is 0 Å². The topological polar surface area (TPSA) is 62.7 Å². The third-order valence-electron chi connectivity index (χ3n) is 2.27. The lowest BCUT2D eigenvalue weighted by molar-refractivity contribution is 0.602. The number of nitrogens with zero attached hydrogens (tertiary/aromatic N) is 3. The fourth-order valence-electron chi connectivity index (χ4n) is 1.53. The Bertz CT molecular complexity index is 692. The molecule has 0 spiro atoms. The maximum absolute atomic E-state index is 8.93. The van der Waals surface area contributed by atoms with Crippen LogP contribution in [0.2, 0.25) is 0 Å². The van der Waals surface area contributed by atoms with E-state index >= 15 is 0 Å². The molecule has 0 fully saturated rings. The van der Waals surface area contributed by atoms with Crippen molar-refractivity contribution in [3.05, 3.63) is 35.0 Å². The van der Waals surface area contributed by atoms with Crippen molar-refractivity contribution in [3.8, 4) is 17.3 Å². The molecule has 0 saturated heterocycles. The highest BCUT2D eigenvalue weighted by Crippen LogP contribution is 2.27. The van der Waals surface area contributed by atoms with Crippen molar-refractivity contribution in [2.24, 2.45) is 0 Å². The molecule has 2 aromatic heterocycles. The van der Waals surface area contributed by atoms with Crippen molar-refractivity contribution in [2.75, 3.05) is 0 Å². The van der Waals surface area contributed by atoms with Gasteiger partial charge in [0.2, 0.25) is 0 Å². The fraction of sp³-hybridized carbons (Fsp3) is 0. The number of hydrogen-bond donors (Lipinski definition) is 0. The first-order chi connectivity index (χ1) is 7.88. The second kappa shape index (κ2) is 3.43. The lowest BCUT2D eigenvalue weighted by Crippen LogP contribution is -1.80. The van der Waals surface area contributed by atoms with Gasteiger partial charge in [-0.25, -0.2) is 9.97 Å². The molecule has 0 radical (unpaired) electrons. The third kappa shape index (κ3) is 1.28.